The summed E-state index contributed by atoms with van der Waals surface area (Å²) in [6.07, 6.45) is 15.5. The molecule has 0 saturated heterocycles. The molecular formula is C57H51NO. The number of para-hydroxylation sites is 1. The number of hydrogen-bond donors (Lipinski definition) is 0. The molecule has 1 heterocycles. The molecule has 5 atom stereocenters. The summed E-state index contributed by atoms with van der Waals surface area (Å²) in [5.41, 5.74) is 18.3. The molecule has 2 heteroatoms. The van der Waals surface area contributed by atoms with Crippen LogP contribution in [0.4, 0.5) is 17.1 Å². The van der Waals surface area contributed by atoms with E-state index >= 15 is 0 Å². The lowest BCUT2D eigenvalue weighted by Crippen LogP contribution is -2.55. The number of furan rings is 1. The fourth-order valence-electron chi connectivity index (χ4n) is 17.0. The van der Waals surface area contributed by atoms with Gasteiger partial charge in [0.1, 0.15) is 11.2 Å². The molecule has 5 unspecified atom stereocenters. The lowest BCUT2D eigenvalue weighted by Gasteiger charge is -2.61. The van der Waals surface area contributed by atoms with Gasteiger partial charge in [-0.1, -0.05) is 85.3 Å². The Labute approximate surface area is 347 Å². The highest BCUT2D eigenvalue weighted by atomic mass is 16.3. The van der Waals surface area contributed by atoms with Crippen LogP contribution in [0.5, 0.6) is 0 Å². The smallest absolute Gasteiger partial charge is 0.137 e. The zero-order valence-electron chi connectivity index (χ0n) is 33.9. The van der Waals surface area contributed by atoms with Gasteiger partial charge >= 0.3 is 0 Å². The third kappa shape index (κ3) is 4.06. The molecule has 6 aromatic carbocycles. The lowest BCUT2D eigenvalue weighted by molar-refractivity contribution is -0.0399. The fourth-order valence-corrected chi connectivity index (χ4v) is 17.0. The normalized spacial score (nSPS) is 33.5. The minimum absolute atomic E-state index is 0.103. The Morgan fingerprint density at radius 1 is 0.373 bits per heavy atom. The maximum Gasteiger partial charge on any atom is 0.137 e. The monoisotopic (exact) mass is 765 g/mol. The van der Waals surface area contributed by atoms with Crippen molar-refractivity contribution in [1.82, 2.24) is 0 Å². The van der Waals surface area contributed by atoms with Gasteiger partial charge in [0, 0.05) is 44.7 Å². The Balaban J connectivity index is 0.966. The highest BCUT2D eigenvalue weighted by Crippen LogP contribution is 2.71. The Morgan fingerprint density at radius 3 is 1.51 bits per heavy atom. The summed E-state index contributed by atoms with van der Waals surface area (Å²) < 4.78 is 6.64. The highest BCUT2D eigenvalue weighted by Gasteiger charge is 2.62. The maximum absolute atomic E-state index is 6.64. The van der Waals surface area contributed by atoms with E-state index in [0.29, 0.717) is 5.92 Å². The van der Waals surface area contributed by atoms with E-state index in [9.17, 15) is 0 Å². The first-order valence-corrected chi connectivity index (χ1v) is 23.3. The van der Waals surface area contributed by atoms with E-state index in [1.807, 2.05) is 0 Å². The van der Waals surface area contributed by atoms with E-state index in [1.54, 1.807) is 22.3 Å². The van der Waals surface area contributed by atoms with E-state index in [0.717, 1.165) is 52.6 Å². The zero-order chi connectivity index (χ0) is 38.2. The third-order valence-corrected chi connectivity index (χ3v) is 18.5. The van der Waals surface area contributed by atoms with Crippen molar-refractivity contribution in [1.29, 1.82) is 0 Å². The van der Waals surface area contributed by atoms with Crippen molar-refractivity contribution in [2.75, 3.05) is 4.90 Å². The van der Waals surface area contributed by atoms with Crippen LogP contribution < -0.4 is 4.90 Å². The van der Waals surface area contributed by atoms with Crippen LogP contribution in [-0.4, -0.2) is 0 Å². The molecule has 8 fully saturated rings. The van der Waals surface area contributed by atoms with Crippen LogP contribution in [0.2, 0.25) is 0 Å². The summed E-state index contributed by atoms with van der Waals surface area (Å²) in [6.45, 7) is 0. The SMILES string of the molecule is c1ccc2c(c1)-c1ccc(N(c3ccc4c(c3)C3(c5ccccc5-4)C4CC5CC(C4)CC3C5)c3ccc4c(c3)oc3ccccc34)cc1C21C2CCC3CC(C2)CC1C3. The number of rotatable bonds is 3. The summed E-state index contributed by atoms with van der Waals surface area (Å²) in [6, 6.07) is 50.1. The van der Waals surface area contributed by atoms with Crippen molar-refractivity contribution in [2.45, 2.75) is 81.5 Å². The number of benzene rings is 6. The van der Waals surface area contributed by atoms with Crippen LogP contribution in [0.3, 0.4) is 0 Å². The van der Waals surface area contributed by atoms with E-state index < -0.39 is 0 Å². The summed E-state index contributed by atoms with van der Waals surface area (Å²) in [5, 5.41) is 2.38. The van der Waals surface area contributed by atoms with Crippen LogP contribution in [0, 0.1) is 47.3 Å². The zero-order valence-corrected chi connectivity index (χ0v) is 33.9. The van der Waals surface area contributed by atoms with Gasteiger partial charge in [-0.05, 0) is 199 Å². The third-order valence-electron chi connectivity index (χ3n) is 18.5. The van der Waals surface area contributed by atoms with E-state index in [2.05, 4.69) is 132 Å². The second kappa shape index (κ2) is 11.4. The van der Waals surface area contributed by atoms with Gasteiger partial charge < -0.3 is 9.32 Å². The first kappa shape index (κ1) is 32.7. The summed E-state index contributed by atoms with van der Waals surface area (Å²) >= 11 is 0. The molecule has 0 aliphatic heterocycles. The van der Waals surface area contributed by atoms with Gasteiger partial charge in [-0.15, -0.1) is 0 Å². The van der Waals surface area contributed by atoms with Crippen molar-refractivity contribution in [3.8, 4) is 22.3 Å². The predicted octanol–water partition coefficient (Wildman–Crippen LogP) is 14.9. The fraction of sp³-hybridized carbons (Fsp3) is 0.368. The standard InChI is InChI=1S/C57H51NO/c1-4-10-50-44(7-1)46-18-15-41(30-52(46)56(50)37-14-13-33-21-34(24-37)25-38(56)23-33)58(43-17-20-49-48-9-3-6-12-54(48)59-55(49)32-43)42-16-19-47-45-8-2-5-11-51(45)57(53(47)31-42)39-26-35-22-36(28-39)29-40(57)27-35/h1-12,15-20,30-40H,13-14,21-29H2. The molecular weight excluding hydrogens is 715 g/mol. The van der Waals surface area contributed by atoms with Gasteiger partial charge in [0.25, 0.3) is 0 Å². The van der Waals surface area contributed by atoms with Crippen LogP contribution in [0.25, 0.3) is 44.2 Å². The van der Waals surface area contributed by atoms with Gasteiger partial charge in [0.15, 0.2) is 0 Å². The summed E-state index contributed by atoms with van der Waals surface area (Å²) in [4.78, 5) is 2.63. The van der Waals surface area contributed by atoms with Crippen molar-refractivity contribution in [2.24, 2.45) is 47.3 Å². The van der Waals surface area contributed by atoms with E-state index in [-0.39, 0.29) is 10.8 Å². The summed E-state index contributed by atoms with van der Waals surface area (Å²) in [7, 11) is 0. The molecule has 8 bridgehead atoms. The molecule has 1 aromatic heterocycles. The van der Waals surface area contributed by atoms with Gasteiger partial charge in [-0.25, -0.2) is 0 Å². The number of hydrogen-bond acceptors (Lipinski definition) is 2. The van der Waals surface area contributed by atoms with E-state index in [1.165, 1.54) is 121 Å². The van der Waals surface area contributed by atoms with Gasteiger partial charge in [0.05, 0.1) is 0 Å². The molecule has 7 aromatic rings. The van der Waals surface area contributed by atoms with Crippen LogP contribution >= 0.6 is 0 Å². The molecule has 0 amide bonds. The quantitative estimate of drug-likeness (QED) is 0.178. The van der Waals surface area contributed by atoms with Gasteiger partial charge in [-0.3, -0.25) is 0 Å². The molecule has 59 heavy (non-hydrogen) atoms. The van der Waals surface area contributed by atoms with Crippen molar-refractivity contribution in [3.05, 3.63) is 150 Å². The molecule has 17 rings (SSSR count). The topological polar surface area (TPSA) is 16.4 Å². The van der Waals surface area contributed by atoms with Crippen LogP contribution in [0.15, 0.2) is 132 Å². The molecule has 0 radical (unpaired) electrons. The Bertz CT molecular complexity index is 2890. The van der Waals surface area contributed by atoms with E-state index in [4.69, 9.17) is 4.42 Å². The Morgan fingerprint density at radius 2 is 0.847 bits per heavy atom. The van der Waals surface area contributed by atoms with Crippen molar-refractivity contribution >= 4 is 39.0 Å². The Kier molecular flexibility index (Phi) is 6.32. The Hall–Kier alpha value is -5.08. The molecule has 10 aliphatic rings. The lowest BCUT2D eigenvalue weighted by atomic mass is 9.43. The minimum atomic E-state index is 0.103. The molecule has 0 N–H and O–H groups in total. The van der Waals surface area contributed by atoms with Crippen LogP contribution in [0.1, 0.15) is 92.9 Å². The number of anilines is 3. The highest BCUT2D eigenvalue weighted by molar-refractivity contribution is 6.06. The van der Waals surface area contributed by atoms with Crippen molar-refractivity contribution in [3.63, 3.8) is 0 Å². The van der Waals surface area contributed by atoms with Gasteiger partial charge in [-0.2, -0.15) is 0 Å². The largest absolute Gasteiger partial charge is 0.456 e. The average molecular weight is 766 g/mol. The average Bonchev–Trinajstić information content (AvgIpc) is 3.81. The van der Waals surface area contributed by atoms with Gasteiger partial charge in [0.2, 0.25) is 0 Å². The molecule has 10 aliphatic carbocycles. The molecule has 290 valence electrons. The first-order valence-electron chi connectivity index (χ1n) is 23.3. The second-order valence-corrected chi connectivity index (χ2v) is 20.9. The first-order chi connectivity index (χ1) is 29.1. The molecule has 2 nitrogen and oxygen atoms in total. The minimum Gasteiger partial charge on any atom is -0.456 e. The molecule has 2 spiro atoms. The van der Waals surface area contributed by atoms with Crippen molar-refractivity contribution < 1.29 is 4.42 Å². The van der Waals surface area contributed by atoms with Crippen LogP contribution in [-0.2, 0) is 10.8 Å². The second-order valence-electron chi connectivity index (χ2n) is 20.9. The number of nitrogens with zero attached hydrogens (tertiary/aromatic N) is 1. The summed E-state index contributed by atoms with van der Waals surface area (Å²) in [5.74, 6) is 6.57. The maximum atomic E-state index is 6.64. The predicted molar refractivity (Wildman–Crippen MR) is 240 cm³/mol. The number of fused-ring (bicyclic) bond motifs is 10. The molecule has 8 saturated carbocycles.